The number of halogens is 2. The predicted octanol–water partition coefficient (Wildman–Crippen LogP) is 0.764. The molecule has 1 aromatic rings. The predicted molar refractivity (Wildman–Crippen MR) is 65.9 cm³/mol. The zero-order chi connectivity index (χ0) is 14.3. The molecule has 2 aliphatic heterocycles. The van der Waals surface area contributed by atoms with E-state index < -0.39 is 35.9 Å². The Kier molecular flexibility index (Phi) is 2.96. The first-order valence-electron chi connectivity index (χ1n) is 6.10. The molecule has 2 aliphatic rings. The lowest BCUT2D eigenvalue weighted by Gasteiger charge is -2.15. The highest BCUT2D eigenvalue weighted by Crippen LogP contribution is 2.29. The number of amides is 2. The molecule has 2 atom stereocenters. The number of carbonyl (C=O) groups excluding carboxylic acids is 2. The van der Waals surface area contributed by atoms with Crippen molar-refractivity contribution in [3.8, 4) is 0 Å². The molecular weight excluding hydrogens is 268 g/mol. The van der Waals surface area contributed by atoms with Crippen LogP contribution < -0.4 is 5.43 Å². The van der Waals surface area contributed by atoms with Crippen molar-refractivity contribution in [2.24, 2.45) is 11.0 Å². The van der Waals surface area contributed by atoms with Crippen LogP contribution in [0.25, 0.3) is 0 Å². The molecule has 0 radical (unpaired) electrons. The minimum Gasteiger partial charge on any atom is -0.296 e. The number of likely N-dealkylation sites (tertiary alicyclic amines) is 1. The van der Waals surface area contributed by atoms with Crippen LogP contribution in [0.4, 0.5) is 8.78 Å². The number of fused-ring (bicyclic) bond motifs is 1. The summed E-state index contributed by atoms with van der Waals surface area (Å²) < 4.78 is 25.6. The van der Waals surface area contributed by atoms with Gasteiger partial charge in [-0.25, -0.2) is 8.78 Å². The molecule has 0 aromatic heterocycles. The summed E-state index contributed by atoms with van der Waals surface area (Å²) in [5, 5.41) is 3.41. The van der Waals surface area contributed by atoms with Crippen molar-refractivity contribution >= 4 is 17.5 Å². The smallest absolute Gasteiger partial charge is 0.279 e. The molecule has 20 heavy (non-hydrogen) atoms. The van der Waals surface area contributed by atoms with E-state index in [2.05, 4.69) is 10.5 Å². The van der Waals surface area contributed by atoms with E-state index in [0.29, 0.717) is 0 Å². The molecule has 2 unspecified atom stereocenters. The van der Waals surface area contributed by atoms with Gasteiger partial charge in [0.05, 0.1) is 6.54 Å². The molecule has 1 N–H and O–H groups in total. The molecule has 0 aliphatic carbocycles. The highest BCUT2D eigenvalue weighted by atomic mass is 19.3. The molecule has 0 saturated carbocycles. The first kappa shape index (κ1) is 12.7. The van der Waals surface area contributed by atoms with E-state index in [1.165, 1.54) is 0 Å². The lowest BCUT2D eigenvalue weighted by molar-refractivity contribution is -0.140. The third kappa shape index (κ3) is 1.86. The normalized spacial score (nSPS) is 24.9. The zero-order valence-electron chi connectivity index (χ0n) is 10.3. The van der Waals surface area contributed by atoms with Crippen LogP contribution in [-0.2, 0) is 16.1 Å². The number of hydrazone groups is 1. The van der Waals surface area contributed by atoms with Gasteiger partial charge in [0.1, 0.15) is 17.7 Å². The molecule has 1 saturated heterocycles. The van der Waals surface area contributed by atoms with E-state index in [1.54, 1.807) is 24.3 Å². The number of nitrogens with zero attached hydrogens (tertiary/aromatic N) is 2. The number of rotatable bonds is 3. The Morgan fingerprint density at radius 3 is 2.55 bits per heavy atom. The number of alkyl halides is 2. The van der Waals surface area contributed by atoms with Crippen LogP contribution in [0.3, 0.4) is 0 Å². The summed E-state index contributed by atoms with van der Waals surface area (Å²) in [5.74, 6) is -2.30. The molecule has 2 amide bonds. The number of benzene rings is 1. The molecule has 104 valence electrons. The fourth-order valence-electron chi connectivity index (χ4n) is 2.48. The number of imide groups is 1. The van der Waals surface area contributed by atoms with Gasteiger partial charge in [-0.3, -0.25) is 19.9 Å². The maximum Gasteiger partial charge on any atom is 0.279 e. The lowest BCUT2D eigenvalue weighted by atomic mass is 9.99. The van der Waals surface area contributed by atoms with Gasteiger partial charge in [-0.15, -0.1) is 0 Å². The summed E-state index contributed by atoms with van der Waals surface area (Å²) in [6, 6.07) is 7.93. The quantitative estimate of drug-likeness (QED) is 0.831. The number of hydrogen-bond donors (Lipinski definition) is 1. The summed E-state index contributed by atoms with van der Waals surface area (Å²) in [6.07, 6.45) is -2.84. The van der Waals surface area contributed by atoms with Crippen LogP contribution in [-0.4, -0.2) is 34.9 Å². The lowest BCUT2D eigenvalue weighted by Crippen LogP contribution is -2.35. The van der Waals surface area contributed by atoms with E-state index in [9.17, 15) is 18.4 Å². The third-order valence-electron chi connectivity index (χ3n) is 3.46. The second-order valence-corrected chi connectivity index (χ2v) is 4.67. The molecule has 0 bridgehead atoms. The van der Waals surface area contributed by atoms with Crippen molar-refractivity contribution in [1.82, 2.24) is 10.3 Å². The highest BCUT2D eigenvalue weighted by Gasteiger charge is 2.54. The number of nitrogens with one attached hydrogen (secondary N) is 1. The van der Waals surface area contributed by atoms with E-state index in [-0.39, 0.29) is 6.54 Å². The topological polar surface area (TPSA) is 61.8 Å². The SMILES string of the molecule is O=C1C2NN=C(C(F)F)C2C(=O)N1Cc1ccccc1. The van der Waals surface area contributed by atoms with Gasteiger partial charge in [0.25, 0.3) is 12.3 Å². The van der Waals surface area contributed by atoms with Crippen LogP contribution >= 0.6 is 0 Å². The minimum absolute atomic E-state index is 0.0870. The third-order valence-corrected chi connectivity index (χ3v) is 3.46. The van der Waals surface area contributed by atoms with Crippen LogP contribution in [0.5, 0.6) is 0 Å². The van der Waals surface area contributed by atoms with Gasteiger partial charge in [-0.1, -0.05) is 30.3 Å². The van der Waals surface area contributed by atoms with Crippen LogP contribution in [0, 0.1) is 5.92 Å². The van der Waals surface area contributed by atoms with Gasteiger partial charge in [-0.05, 0) is 5.56 Å². The van der Waals surface area contributed by atoms with Gasteiger partial charge >= 0.3 is 0 Å². The van der Waals surface area contributed by atoms with E-state index in [1.807, 2.05) is 6.07 Å². The van der Waals surface area contributed by atoms with E-state index in [0.717, 1.165) is 10.5 Å². The molecule has 5 nitrogen and oxygen atoms in total. The van der Waals surface area contributed by atoms with Crippen molar-refractivity contribution in [3.05, 3.63) is 35.9 Å². The molecular formula is C13H11F2N3O2. The second kappa shape index (κ2) is 4.66. The second-order valence-electron chi connectivity index (χ2n) is 4.67. The van der Waals surface area contributed by atoms with Crippen LogP contribution in [0.1, 0.15) is 5.56 Å². The average Bonchev–Trinajstić information content (AvgIpc) is 2.97. The van der Waals surface area contributed by atoms with Gasteiger partial charge in [0.15, 0.2) is 0 Å². The van der Waals surface area contributed by atoms with Gasteiger partial charge in [0.2, 0.25) is 5.91 Å². The van der Waals surface area contributed by atoms with E-state index in [4.69, 9.17) is 0 Å². The monoisotopic (exact) mass is 279 g/mol. The summed E-state index contributed by atoms with van der Waals surface area (Å²) >= 11 is 0. The van der Waals surface area contributed by atoms with Crippen LogP contribution in [0.2, 0.25) is 0 Å². The maximum atomic E-state index is 12.8. The first-order valence-corrected chi connectivity index (χ1v) is 6.10. The molecule has 1 fully saturated rings. The molecule has 2 heterocycles. The Morgan fingerprint density at radius 2 is 1.90 bits per heavy atom. The molecule has 0 spiro atoms. The Morgan fingerprint density at radius 1 is 1.20 bits per heavy atom. The van der Waals surface area contributed by atoms with Crippen molar-refractivity contribution in [2.75, 3.05) is 0 Å². The van der Waals surface area contributed by atoms with Crippen molar-refractivity contribution in [2.45, 2.75) is 19.0 Å². The van der Waals surface area contributed by atoms with E-state index >= 15 is 0 Å². The summed E-state index contributed by atoms with van der Waals surface area (Å²) in [6.45, 7) is 0.0870. The van der Waals surface area contributed by atoms with Crippen molar-refractivity contribution < 1.29 is 18.4 Å². The first-order chi connectivity index (χ1) is 9.59. The van der Waals surface area contributed by atoms with Crippen molar-refractivity contribution in [3.63, 3.8) is 0 Å². The molecule has 3 rings (SSSR count). The molecule has 7 heteroatoms. The maximum absolute atomic E-state index is 12.8. The number of hydrogen-bond acceptors (Lipinski definition) is 4. The Hall–Kier alpha value is -2.31. The Bertz CT molecular complexity index is 589. The summed E-state index contributed by atoms with van der Waals surface area (Å²) in [7, 11) is 0. The van der Waals surface area contributed by atoms with Gasteiger partial charge in [0, 0.05) is 0 Å². The average molecular weight is 279 g/mol. The van der Waals surface area contributed by atoms with Gasteiger partial charge < -0.3 is 0 Å². The van der Waals surface area contributed by atoms with Gasteiger partial charge in [-0.2, -0.15) is 5.10 Å². The Labute approximate surface area is 113 Å². The summed E-state index contributed by atoms with van der Waals surface area (Å²) in [4.78, 5) is 25.3. The van der Waals surface area contributed by atoms with Crippen molar-refractivity contribution in [1.29, 1.82) is 0 Å². The standard InChI is InChI=1S/C13H11F2N3O2/c14-11(15)9-8-10(17-16-9)13(20)18(12(8)19)6-7-4-2-1-3-5-7/h1-5,8,10-11,17H,6H2. The minimum atomic E-state index is -2.84. The number of carbonyl (C=O) groups is 2. The highest BCUT2D eigenvalue weighted by molar-refractivity contribution is 6.20. The Balaban J connectivity index is 1.84. The largest absolute Gasteiger partial charge is 0.296 e. The fraction of sp³-hybridized carbons (Fsp3) is 0.308. The molecule has 1 aromatic carbocycles. The van der Waals surface area contributed by atoms with Crippen LogP contribution in [0.15, 0.2) is 35.4 Å². The summed E-state index contributed by atoms with van der Waals surface area (Å²) in [5.41, 5.74) is 2.56. The zero-order valence-corrected chi connectivity index (χ0v) is 10.3. The fourth-order valence-corrected chi connectivity index (χ4v) is 2.48.